The number of aliphatic hydroxyl groups is 1. The zero-order chi connectivity index (χ0) is 31.1. The number of anilines is 1. The summed E-state index contributed by atoms with van der Waals surface area (Å²) in [6.07, 6.45) is 8.35. The van der Waals surface area contributed by atoms with Crippen LogP contribution in [0.25, 0.3) is 0 Å². The summed E-state index contributed by atoms with van der Waals surface area (Å²) in [6, 6.07) is 6.81. The number of rotatable bonds is 17. The molecule has 43 heavy (non-hydrogen) atoms. The molecule has 3 aliphatic rings. The summed E-state index contributed by atoms with van der Waals surface area (Å²) in [5, 5.41) is 9.44. The van der Waals surface area contributed by atoms with Gasteiger partial charge >= 0.3 is 0 Å². The Balaban J connectivity index is 1.72. The highest BCUT2D eigenvalue weighted by Gasteiger charge is 2.76. The molecule has 3 aliphatic heterocycles. The van der Waals surface area contributed by atoms with Gasteiger partial charge < -0.3 is 24.5 Å². The molecule has 0 aliphatic carbocycles. The number of ether oxygens (including phenoxy) is 1. The second-order valence-corrected chi connectivity index (χ2v) is 13.5. The molecule has 8 nitrogen and oxygen atoms in total. The first kappa shape index (κ1) is 33.1. The molecule has 1 aromatic rings. The van der Waals surface area contributed by atoms with Gasteiger partial charge in [-0.05, 0) is 62.8 Å². The van der Waals surface area contributed by atoms with Crippen LogP contribution in [0, 0.1) is 17.8 Å². The van der Waals surface area contributed by atoms with Crippen LogP contribution in [-0.4, -0.2) is 88.1 Å². The minimum absolute atomic E-state index is 0.0295. The average Bonchev–Trinajstić information content (AvgIpc) is 3.59. The molecule has 236 valence electrons. The van der Waals surface area contributed by atoms with Crippen LogP contribution >= 0.6 is 11.8 Å². The zero-order valence-electron chi connectivity index (χ0n) is 26.1. The monoisotopic (exact) mass is 611 g/mol. The summed E-state index contributed by atoms with van der Waals surface area (Å²) in [5.41, 5.74) is 0.731. The number of carbonyl (C=O) groups excluding carboxylic acids is 3. The van der Waals surface area contributed by atoms with Gasteiger partial charge in [0, 0.05) is 43.7 Å². The maximum atomic E-state index is 14.5. The number of hydrogen-bond donors (Lipinski definition) is 1. The first-order chi connectivity index (χ1) is 20.8. The lowest BCUT2D eigenvalue weighted by atomic mass is 9.65. The Morgan fingerprint density at radius 3 is 2.44 bits per heavy atom. The molecule has 3 amide bonds. The van der Waals surface area contributed by atoms with E-state index in [4.69, 9.17) is 4.74 Å². The van der Waals surface area contributed by atoms with Gasteiger partial charge in [0.2, 0.25) is 17.7 Å². The number of benzene rings is 1. The van der Waals surface area contributed by atoms with E-state index in [1.807, 2.05) is 36.1 Å². The fourth-order valence-corrected chi connectivity index (χ4v) is 9.82. The predicted molar refractivity (Wildman–Crippen MR) is 173 cm³/mol. The number of amides is 3. The van der Waals surface area contributed by atoms with Crippen molar-refractivity contribution in [3.8, 4) is 5.75 Å². The normalized spacial score (nSPS) is 27.2. The molecule has 1 spiro atoms. The SMILES string of the molecule is C=CCN(CCCCC)C(=O)C1N(CCCCO)C(=O)[C@@H]2[C@@H](C(=O)N(CC=C)c3ccc(OCC)cc3)[C@H]3CC(C)C12S3. The molecule has 4 rings (SSSR count). The Hall–Kier alpha value is -2.78. The number of likely N-dealkylation sites (tertiary alicyclic amines) is 1. The second-order valence-electron chi connectivity index (χ2n) is 12.0. The predicted octanol–water partition coefficient (Wildman–Crippen LogP) is 4.92. The molecule has 3 unspecified atom stereocenters. The third-order valence-corrected chi connectivity index (χ3v) is 11.4. The van der Waals surface area contributed by atoms with E-state index in [9.17, 15) is 19.5 Å². The van der Waals surface area contributed by atoms with Gasteiger partial charge in [-0.1, -0.05) is 38.8 Å². The molecule has 2 bridgehead atoms. The van der Waals surface area contributed by atoms with Gasteiger partial charge in [-0.3, -0.25) is 14.4 Å². The van der Waals surface area contributed by atoms with Gasteiger partial charge in [-0.2, -0.15) is 0 Å². The van der Waals surface area contributed by atoms with E-state index in [1.165, 1.54) is 0 Å². The quantitative estimate of drug-likeness (QED) is 0.199. The van der Waals surface area contributed by atoms with Gasteiger partial charge in [-0.15, -0.1) is 24.9 Å². The Bertz CT molecular complexity index is 1160. The van der Waals surface area contributed by atoms with Crippen molar-refractivity contribution in [1.29, 1.82) is 0 Å². The van der Waals surface area contributed by atoms with Crippen LogP contribution in [0.4, 0.5) is 5.69 Å². The fourth-order valence-electron chi connectivity index (χ4n) is 7.41. The lowest BCUT2D eigenvalue weighted by molar-refractivity contribution is -0.142. The van der Waals surface area contributed by atoms with E-state index in [-0.39, 0.29) is 35.5 Å². The largest absolute Gasteiger partial charge is 0.494 e. The van der Waals surface area contributed by atoms with Gasteiger partial charge in [0.15, 0.2) is 0 Å². The number of aliphatic hydroxyl groups excluding tert-OH is 1. The number of fused-ring (bicyclic) bond motifs is 1. The van der Waals surface area contributed by atoms with Crippen LogP contribution in [0.15, 0.2) is 49.6 Å². The summed E-state index contributed by atoms with van der Waals surface area (Å²) in [7, 11) is 0. The molecule has 1 aromatic carbocycles. The molecule has 0 radical (unpaired) electrons. The molecule has 0 saturated carbocycles. The highest BCUT2D eigenvalue weighted by molar-refractivity contribution is 8.02. The van der Waals surface area contributed by atoms with Crippen molar-refractivity contribution in [2.24, 2.45) is 17.8 Å². The molecule has 1 N–H and O–H groups in total. The van der Waals surface area contributed by atoms with Crippen molar-refractivity contribution < 1.29 is 24.2 Å². The third kappa shape index (κ3) is 6.25. The number of unbranched alkanes of at least 4 members (excludes halogenated alkanes) is 3. The van der Waals surface area contributed by atoms with E-state index >= 15 is 0 Å². The third-order valence-electron chi connectivity index (χ3n) is 9.30. The van der Waals surface area contributed by atoms with E-state index in [0.29, 0.717) is 45.6 Å². The van der Waals surface area contributed by atoms with Crippen LogP contribution in [0.2, 0.25) is 0 Å². The standard InChI is InChI=1S/C34H49N3O5S/c1-6-10-11-20-35(18-7-2)33(41)30-34-24(5)23-27(43-34)28(29(34)32(40)37(30)21-12-13-22-38)31(39)36(19-8-3)25-14-16-26(17-15-25)42-9-4/h7-8,14-17,24,27-30,38H,2-3,6,9-13,18-23H2,1,4-5H3/t24?,27-,28+,29+,30?,34?/m1/s1. The average molecular weight is 612 g/mol. The summed E-state index contributed by atoms with van der Waals surface area (Å²) >= 11 is 1.70. The molecule has 3 fully saturated rings. The van der Waals surface area contributed by atoms with Gasteiger partial charge in [0.25, 0.3) is 0 Å². The molecular formula is C34H49N3O5S. The Morgan fingerprint density at radius 2 is 1.81 bits per heavy atom. The molecule has 6 atom stereocenters. The summed E-state index contributed by atoms with van der Waals surface area (Å²) in [6.45, 7) is 16.3. The molecule has 9 heteroatoms. The zero-order valence-corrected chi connectivity index (χ0v) is 26.9. The van der Waals surface area contributed by atoms with Crippen molar-refractivity contribution in [3.05, 3.63) is 49.6 Å². The topological polar surface area (TPSA) is 90.4 Å². The van der Waals surface area contributed by atoms with Gasteiger partial charge in [-0.25, -0.2) is 0 Å². The van der Waals surface area contributed by atoms with Crippen molar-refractivity contribution >= 4 is 35.2 Å². The van der Waals surface area contributed by atoms with Crippen molar-refractivity contribution in [3.63, 3.8) is 0 Å². The number of thioether (sulfide) groups is 1. The molecular weight excluding hydrogens is 562 g/mol. The van der Waals surface area contributed by atoms with E-state index in [1.54, 1.807) is 33.7 Å². The van der Waals surface area contributed by atoms with Crippen LogP contribution in [0.3, 0.4) is 0 Å². The lowest BCUT2D eigenvalue weighted by Crippen LogP contribution is -2.57. The summed E-state index contributed by atoms with van der Waals surface area (Å²) < 4.78 is 4.92. The second kappa shape index (κ2) is 14.8. The highest BCUT2D eigenvalue weighted by Crippen LogP contribution is 2.69. The van der Waals surface area contributed by atoms with Crippen LogP contribution < -0.4 is 9.64 Å². The van der Waals surface area contributed by atoms with Crippen LogP contribution in [-0.2, 0) is 14.4 Å². The molecule has 3 heterocycles. The maximum absolute atomic E-state index is 14.5. The number of nitrogens with zero attached hydrogens (tertiary/aromatic N) is 3. The van der Waals surface area contributed by atoms with Crippen LogP contribution in [0.1, 0.15) is 59.3 Å². The van der Waals surface area contributed by atoms with Gasteiger partial charge in [0.1, 0.15) is 11.8 Å². The Labute approximate surface area is 261 Å². The van der Waals surface area contributed by atoms with E-state index < -0.39 is 22.6 Å². The maximum Gasteiger partial charge on any atom is 0.247 e. The molecule has 3 saturated heterocycles. The van der Waals surface area contributed by atoms with E-state index in [0.717, 1.165) is 37.1 Å². The first-order valence-corrected chi connectivity index (χ1v) is 16.8. The van der Waals surface area contributed by atoms with Crippen molar-refractivity contribution in [1.82, 2.24) is 9.80 Å². The fraction of sp³-hybridized carbons (Fsp3) is 0.618. The number of carbonyl (C=O) groups is 3. The van der Waals surface area contributed by atoms with Crippen LogP contribution in [0.5, 0.6) is 5.75 Å². The van der Waals surface area contributed by atoms with Gasteiger partial charge in [0.05, 0.1) is 23.2 Å². The molecule has 0 aromatic heterocycles. The summed E-state index contributed by atoms with van der Waals surface area (Å²) in [4.78, 5) is 48.8. The minimum Gasteiger partial charge on any atom is -0.494 e. The Morgan fingerprint density at radius 1 is 1.09 bits per heavy atom. The summed E-state index contributed by atoms with van der Waals surface area (Å²) in [5.74, 6) is -0.537. The first-order valence-electron chi connectivity index (χ1n) is 15.9. The lowest BCUT2D eigenvalue weighted by Gasteiger charge is -2.41. The smallest absolute Gasteiger partial charge is 0.247 e. The highest BCUT2D eigenvalue weighted by atomic mass is 32.2. The van der Waals surface area contributed by atoms with Crippen molar-refractivity contribution in [2.75, 3.05) is 44.3 Å². The Kier molecular flexibility index (Phi) is 11.4. The number of hydrogen-bond acceptors (Lipinski definition) is 6. The van der Waals surface area contributed by atoms with Crippen molar-refractivity contribution in [2.45, 2.75) is 75.3 Å². The minimum atomic E-state index is -0.679. The van der Waals surface area contributed by atoms with E-state index in [2.05, 4.69) is 27.0 Å².